The summed E-state index contributed by atoms with van der Waals surface area (Å²) < 4.78 is 0. The van der Waals surface area contributed by atoms with Gasteiger partial charge in [-0.1, -0.05) is 31.4 Å². The standard InChI is InChI=1S/C11H22O/c1-5-6-7-8-10(2)9-11(3,4)12/h9,12H,5-8H2,1-4H3/b10-9+. The highest BCUT2D eigenvalue weighted by Crippen LogP contribution is 2.13. The van der Waals surface area contributed by atoms with Gasteiger partial charge in [0.05, 0.1) is 5.60 Å². The van der Waals surface area contributed by atoms with E-state index in [0.29, 0.717) is 0 Å². The number of hydrogen-bond donors (Lipinski definition) is 1. The molecule has 0 aromatic carbocycles. The van der Waals surface area contributed by atoms with E-state index in [9.17, 15) is 5.11 Å². The SMILES string of the molecule is CCCCC/C(C)=C/C(C)(C)O. The molecular weight excluding hydrogens is 148 g/mol. The Balaban J connectivity index is 3.71. The van der Waals surface area contributed by atoms with Gasteiger partial charge in [-0.25, -0.2) is 0 Å². The lowest BCUT2D eigenvalue weighted by atomic mass is 10.0. The summed E-state index contributed by atoms with van der Waals surface area (Å²) in [7, 11) is 0. The number of rotatable bonds is 5. The summed E-state index contributed by atoms with van der Waals surface area (Å²) >= 11 is 0. The minimum atomic E-state index is -0.643. The van der Waals surface area contributed by atoms with Gasteiger partial charge in [-0.05, 0) is 33.6 Å². The zero-order valence-electron chi connectivity index (χ0n) is 8.85. The van der Waals surface area contributed by atoms with Crippen LogP contribution in [0.25, 0.3) is 0 Å². The monoisotopic (exact) mass is 170 g/mol. The third-order valence-electron chi connectivity index (χ3n) is 1.77. The molecule has 0 radical (unpaired) electrons. The quantitative estimate of drug-likeness (QED) is 0.496. The molecule has 0 atom stereocenters. The summed E-state index contributed by atoms with van der Waals surface area (Å²) in [5.74, 6) is 0. The summed E-state index contributed by atoms with van der Waals surface area (Å²) in [6.07, 6.45) is 6.86. The first-order chi connectivity index (χ1) is 5.45. The molecule has 0 spiro atoms. The van der Waals surface area contributed by atoms with Crippen LogP contribution in [0.1, 0.15) is 53.4 Å². The number of hydrogen-bond acceptors (Lipinski definition) is 1. The second-order valence-corrected chi connectivity index (χ2v) is 4.10. The lowest BCUT2D eigenvalue weighted by Gasteiger charge is -2.13. The Bertz CT molecular complexity index is 140. The smallest absolute Gasteiger partial charge is 0.0774 e. The molecule has 1 nitrogen and oxygen atoms in total. The van der Waals surface area contributed by atoms with E-state index in [2.05, 4.69) is 13.8 Å². The Hall–Kier alpha value is -0.300. The highest BCUT2D eigenvalue weighted by atomic mass is 16.3. The predicted molar refractivity (Wildman–Crippen MR) is 54.2 cm³/mol. The fourth-order valence-electron chi connectivity index (χ4n) is 1.33. The van der Waals surface area contributed by atoms with Crippen molar-refractivity contribution in [3.63, 3.8) is 0 Å². The zero-order chi connectivity index (χ0) is 9.61. The van der Waals surface area contributed by atoms with Gasteiger partial charge in [0.1, 0.15) is 0 Å². The zero-order valence-corrected chi connectivity index (χ0v) is 8.85. The van der Waals surface area contributed by atoms with Crippen LogP contribution in [-0.2, 0) is 0 Å². The molecule has 0 aliphatic carbocycles. The van der Waals surface area contributed by atoms with Gasteiger partial charge in [0.25, 0.3) is 0 Å². The molecule has 0 aliphatic rings. The summed E-state index contributed by atoms with van der Waals surface area (Å²) in [6.45, 7) is 7.93. The first-order valence-corrected chi connectivity index (χ1v) is 4.86. The first kappa shape index (κ1) is 11.7. The average molecular weight is 170 g/mol. The molecule has 1 heteroatoms. The van der Waals surface area contributed by atoms with E-state index in [-0.39, 0.29) is 0 Å². The van der Waals surface area contributed by atoms with Crippen molar-refractivity contribution in [1.82, 2.24) is 0 Å². The van der Waals surface area contributed by atoms with E-state index in [4.69, 9.17) is 0 Å². The first-order valence-electron chi connectivity index (χ1n) is 4.86. The second kappa shape index (κ2) is 5.36. The highest BCUT2D eigenvalue weighted by molar-refractivity contribution is 5.05. The van der Waals surface area contributed by atoms with Crippen LogP contribution in [0.2, 0.25) is 0 Å². The van der Waals surface area contributed by atoms with Crippen molar-refractivity contribution in [2.75, 3.05) is 0 Å². The van der Waals surface area contributed by atoms with Crippen molar-refractivity contribution in [3.8, 4) is 0 Å². The van der Waals surface area contributed by atoms with Crippen LogP contribution >= 0.6 is 0 Å². The summed E-state index contributed by atoms with van der Waals surface area (Å²) in [4.78, 5) is 0. The Morgan fingerprint density at radius 1 is 1.33 bits per heavy atom. The van der Waals surface area contributed by atoms with Gasteiger partial charge in [-0.2, -0.15) is 0 Å². The van der Waals surface area contributed by atoms with Gasteiger partial charge in [0.15, 0.2) is 0 Å². The number of allylic oxidation sites excluding steroid dienone is 1. The molecule has 0 heterocycles. The maximum atomic E-state index is 9.47. The van der Waals surface area contributed by atoms with Crippen molar-refractivity contribution in [1.29, 1.82) is 0 Å². The molecule has 0 aromatic heterocycles. The van der Waals surface area contributed by atoms with Crippen LogP contribution in [0.3, 0.4) is 0 Å². The van der Waals surface area contributed by atoms with Crippen LogP contribution < -0.4 is 0 Å². The van der Waals surface area contributed by atoms with Crippen LogP contribution in [0, 0.1) is 0 Å². The topological polar surface area (TPSA) is 20.2 Å². The molecule has 12 heavy (non-hydrogen) atoms. The van der Waals surface area contributed by atoms with Crippen LogP contribution in [0.15, 0.2) is 11.6 Å². The third-order valence-corrected chi connectivity index (χ3v) is 1.77. The van der Waals surface area contributed by atoms with Crippen molar-refractivity contribution < 1.29 is 5.11 Å². The minimum Gasteiger partial charge on any atom is -0.386 e. The van der Waals surface area contributed by atoms with Crippen LogP contribution in [-0.4, -0.2) is 10.7 Å². The van der Waals surface area contributed by atoms with E-state index in [0.717, 1.165) is 6.42 Å². The van der Waals surface area contributed by atoms with E-state index in [1.54, 1.807) is 0 Å². The van der Waals surface area contributed by atoms with Crippen molar-refractivity contribution in [2.24, 2.45) is 0 Å². The second-order valence-electron chi connectivity index (χ2n) is 4.10. The Kier molecular flexibility index (Phi) is 5.23. The largest absolute Gasteiger partial charge is 0.386 e. The fraction of sp³-hybridized carbons (Fsp3) is 0.818. The van der Waals surface area contributed by atoms with E-state index >= 15 is 0 Å². The van der Waals surface area contributed by atoms with Gasteiger partial charge in [-0.3, -0.25) is 0 Å². The summed E-state index contributed by atoms with van der Waals surface area (Å²) in [5.41, 5.74) is 0.659. The molecule has 0 aromatic rings. The van der Waals surface area contributed by atoms with Crippen molar-refractivity contribution in [3.05, 3.63) is 11.6 Å². The van der Waals surface area contributed by atoms with Crippen LogP contribution in [0.4, 0.5) is 0 Å². The van der Waals surface area contributed by atoms with Gasteiger partial charge in [0.2, 0.25) is 0 Å². The van der Waals surface area contributed by atoms with Gasteiger partial charge >= 0.3 is 0 Å². The van der Waals surface area contributed by atoms with E-state index < -0.39 is 5.60 Å². The molecule has 0 bridgehead atoms. The van der Waals surface area contributed by atoms with Crippen LogP contribution in [0.5, 0.6) is 0 Å². The minimum absolute atomic E-state index is 0.643. The molecular formula is C11H22O. The summed E-state index contributed by atoms with van der Waals surface area (Å²) in [5, 5.41) is 9.47. The van der Waals surface area contributed by atoms with Gasteiger partial charge in [0, 0.05) is 0 Å². The van der Waals surface area contributed by atoms with Crippen molar-refractivity contribution >= 4 is 0 Å². The Morgan fingerprint density at radius 3 is 2.33 bits per heavy atom. The molecule has 72 valence electrons. The fourth-order valence-corrected chi connectivity index (χ4v) is 1.33. The molecule has 0 amide bonds. The molecule has 0 unspecified atom stereocenters. The molecule has 0 fully saturated rings. The lowest BCUT2D eigenvalue weighted by molar-refractivity contribution is 0.132. The normalized spacial score (nSPS) is 13.6. The lowest BCUT2D eigenvalue weighted by Crippen LogP contribution is -2.14. The van der Waals surface area contributed by atoms with E-state index in [1.165, 1.54) is 24.8 Å². The van der Waals surface area contributed by atoms with Gasteiger partial charge in [-0.15, -0.1) is 0 Å². The average Bonchev–Trinajstić information content (AvgIpc) is 1.84. The maximum Gasteiger partial charge on any atom is 0.0774 e. The predicted octanol–water partition coefficient (Wildman–Crippen LogP) is 3.28. The third kappa shape index (κ3) is 7.80. The van der Waals surface area contributed by atoms with E-state index in [1.807, 2.05) is 19.9 Å². The number of aliphatic hydroxyl groups is 1. The Labute approximate surface area is 76.5 Å². The molecule has 0 aliphatic heterocycles. The van der Waals surface area contributed by atoms with Gasteiger partial charge < -0.3 is 5.11 Å². The van der Waals surface area contributed by atoms with Crippen molar-refractivity contribution in [2.45, 2.75) is 59.0 Å². The molecule has 1 N–H and O–H groups in total. The molecule has 0 saturated carbocycles. The molecule has 0 rings (SSSR count). The highest BCUT2D eigenvalue weighted by Gasteiger charge is 2.07. The summed E-state index contributed by atoms with van der Waals surface area (Å²) in [6, 6.07) is 0. The molecule has 0 saturated heterocycles. The number of unbranched alkanes of at least 4 members (excludes halogenated alkanes) is 2. The Morgan fingerprint density at radius 2 is 1.92 bits per heavy atom. The maximum absolute atomic E-state index is 9.47.